The molecule has 0 bridgehead atoms. The fourth-order valence-electron chi connectivity index (χ4n) is 6.83. The quantitative estimate of drug-likeness (QED) is 0.492. The number of fused-ring (bicyclic) bond motifs is 1. The van der Waals surface area contributed by atoms with Gasteiger partial charge in [0.2, 0.25) is 11.8 Å². The number of carbonyl (C=O) groups excluding carboxylic acids is 1. The second-order valence-electron chi connectivity index (χ2n) is 12.4. The van der Waals surface area contributed by atoms with Crippen molar-refractivity contribution in [2.75, 3.05) is 57.3 Å². The molecule has 4 heterocycles. The van der Waals surface area contributed by atoms with Gasteiger partial charge in [0, 0.05) is 56.9 Å². The predicted molar refractivity (Wildman–Crippen MR) is 162 cm³/mol. The molecular weight excluding hydrogens is 535 g/mol. The molecule has 3 aliphatic rings. The second kappa shape index (κ2) is 13.3. The first kappa shape index (κ1) is 30.8. The van der Waals surface area contributed by atoms with Gasteiger partial charge in [-0.05, 0) is 70.0 Å². The van der Waals surface area contributed by atoms with E-state index in [1.54, 1.807) is 12.1 Å². The van der Waals surface area contributed by atoms with Crippen molar-refractivity contribution in [2.45, 2.75) is 77.9 Å². The van der Waals surface area contributed by atoms with Crippen LogP contribution in [-0.4, -0.2) is 113 Å². The van der Waals surface area contributed by atoms with Crippen molar-refractivity contribution in [3.63, 3.8) is 0 Å². The van der Waals surface area contributed by atoms with E-state index in [2.05, 4.69) is 52.7 Å². The molecule has 1 aromatic heterocycles. The lowest BCUT2D eigenvalue weighted by Crippen LogP contribution is -2.65. The molecule has 1 amide bonds. The van der Waals surface area contributed by atoms with Crippen molar-refractivity contribution in [1.29, 1.82) is 0 Å². The number of hydrogen-bond donors (Lipinski definition) is 2. The van der Waals surface area contributed by atoms with Crippen LogP contribution in [0.5, 0.6) is 5.88 Å². The molecule has 10 heteroatoms. The third-order valence-electron chi connectivity index (χ3n) is 9.14. The van der Waals surface area contributed by atoms with Crippen molar-refractivity contribution in [3.8, 4) is 5.88 Å². The number of aliphatic hydroxyl groups excluding tert-OH is 1. The fourth-order valence-corrected chi connectivity index (χ4v) is 6.83. The topological polar surface area (TPSA) is 84.4 Å². The number of amides is 1. The Bertz CT molecular complexity index is 1220. The van der Waals surface area contributed by atoms with Crippen LogP contribution in [0.15, 0.2) is 30.3 Å². The lowest BCUT2D eigenvalue weighted by molar-refractivity contribution is -0.121. The molecule has 3 aliphatic heterocycles. The number of pyridine rings is 1. The van der Waals surface area contributed by atoms with E-state index in [0.29, 0.717) is 55.0 Å². The molecule has 230 valence electrons. The number of likely N-dealkylation sites (N-methyl/N-ethyl adjacent to an activating group) is 1. The van der Waals surface area contributed by atoms with Crippen LogP contribution in [-0.2, 0) is 17.8 Å². The second-order valence-corrected chi connectivity index (χ2v) is 12.4. The van der Waals surface area contributed by atoms with Gasteiger partial charge in [-0.2, -0.15) is 0 Å². The van der Waals surface area contributed by atoms with E-state index in [1.807, 2.05) is 17.9 Å². The molecule has 1 aromatic carbocycles. The summed E-state index contributed by atoms with van der Waals surface area (Å²) in [5.41, 5.74) is 2.82. The van der Waals surface area contributed by atoms with E-state index < -0.39 is 0 Å². The Morgan fingerprint density at radius 1 is 1.10 bits per heavy atom. The first-order valence-electron chi connectivity index (χ1n) is 15.4. The minimum atomic E-state index is -0.295. The Kier molecular flexibility index (Phi) is 9.79. The summed E-state index contributed by atoms with van der Waals surface area (Å²) in [6.45, 7) is 17.2. The van der Waals surface area contributed by atoms with E-state index in [9.17, 15) is 14.3 Å². The van der Waals surface area contributed by atoms with Crippen LogP contribution >= 0.6 is 0 Å². The van der Waals surface area contributed by atoms with Crippen molar-refractivity contribution >= 4 is 11.6 Å². The average Bonchev–Trinajstić information content (AvgIpc) is 2.96. The Hall–Kier alpha value is -2.63. The highest BCUT2D eigenvalue weighted by Crippen LogP contribution is 2.35. The van der Waals surface area contributed by atoms with E-state index in [-0.39, 0.29) is 30.4 Å². The first-order chi connectivity index (χ1) is 20.2. The summed E-state index contributed by atoms with van der Waals surface area (Å²) < 4.78 is 19.4. The molecule has 2 N–H and O–H groups in total. The zero-order valence-corrected chi connectivity index (χ0v) is 25.7. The number of benzene rings is 1. The lowest BCUT2D eigenvalue weighted by Gasteiger charge is -2.48. The maximum absolute atomic E-state index is 14.1. The largest absolute Gasteiger partial charge is 0.474 e. The van der Waals surface area contributed by atoms with Gasteiger partial charge < -0.3 is 25.0 Å². The molecule has 2 fully saturated rings. The summed E-state index contributed by atoms with van der Waals surface area (Å²) in [5.74, 6) is 0.0979. The summed E-state index contributed by atoms with van der Waals surface area (Å²) in [6.07, 6.45) is 0.464. The van der Waals surface area contributed by atoms with Crippen LogP contribution in [0, 0.1) is 5.82 Å². The highest BCUT2D eigenvalue weighted by Gasteiger charge is 2.37. The number of piperazine rings is 2. The number of hydrogen-bond acceptors (Lipinski definition) is 8. The molecule has 9 nitrogen and oxygen atoms in total. The number of rotatable bonds is 8. The third kappa shape index (κ3) is 6.78. The molecule has 0 saturated carbocycles. The number of carbonyl (C=O) groups is 1. The highest BCUT2D eigenvalue weighted by atomic mass is 19.1. The van der Waals surface area contributed by atoms with Crippen molar-refractivity contribution < 1.29 is 19.0 Å². The molecule has 0 unspecified atom stereocenters. The number of nitrogens with zero attached hydrogens (tertiary/aromatic N) is 5. The number of nitrogens with one attached hydrogen (secondary N) is 1. The van der Waals surface area contributed by atoms with Gasteiger partial charge in [-0.3, -0.25) is 14.6 Å². The van der Waals surface area contributed by atoms with Gasteiger partial charge in [-0.15, -0.1) is 0 Å². The average molecular weight is 583 g/mol. The monoisotopic (exact) mass is 582 g/mol. The summed E-state index contributed by atoms with van der Waals surface area (Å²) in [4.78, 5) is 28.1. The number of ether oxygens (including phenoxy) is 1. The SMILES string of the molecule is CCN1C[C@@H](C)N(C[C@H]2CN[C@H](C)CN2CC(=O)N2c3cc(Cc4ccc(F)cc4)c(CO)nc3OC[C@@H]2C)[C@H](C)C1. The molecule has 5 rings (SSSR count). The third-order valence-corrected chi connectivity index (χ3v) is 9.14. The molecule has 0 radical (unpaired) electrons. The van der Waals surface area contributed by atoms with Crippen molar-refractivity contribution in [2.24, 2.45) is 0 Å². The van der Waals surface area contributed by atoms with Gasteiger partial charge in [0.15, 0.2) is 0 Å². The van der Waals surface area contributed by atoms with E-state index in [0.717, 1.165) is 50.4 Å². The summed E-state index contributed by atoms with van der Waals surface area (Å²) in [7, 11) is 0. The van der Waals surface area contributed by atoms with E-state index in [4.69, 9.17) is 4.74 Å². The Labute approximate surface area is 249 Å². The van der Waals surface area contributed by atoms with Crippen molar-refractivity contribution in [3.05, 3.63) is 53.0 Å². The summed E-state index contributed by atoms with van der Waals surface area (Å²) in [6, 6.07) is 9.51. The molecule has 0 spiro atoms. The predicted octanol–water partition coefficient (Wildman–Crippen LogP) is 2.49. The smallest absolute Gasteiger partial charge is 0.241 e. The number of anilines is 1. The Morgan fingerprint density at radius 2 is 1.81 bits per heavy atom. The molecule has 5 atom stereocenters. The molecule has 2 aromatic rings. The summed E-state index contributed by atoms with van der Waals surface area (Å²) >= 11 is 0. The van der Waals surface area contributed by atoms with Crippen LogP contribution in [0.3, 0.4) is 0 Å². The van der Waals surface area contributed by atoms with Crippen LogP contribution in [0.4, 0.5) is 10.1 Å². The minimum Gasteiger partial charge on any atom is -0.474 e. The maximum atomic E-state index is 14.1. The Balaban J connectivity index is 1.36. The standard InChI is InChI=1S/C32H47FN6O3/c1-6-36-15-22(3)38(23(4)16-36)17-28-13-34-21(2)14-37(28)18-31(41)39-24(5)20-42-32-30(39)12-26(29(19-40)35-32)11-25-7-9-27(33)10-8-25/h7-10,12,21-24,28,34,40H,6,11,13-20H2,1-5H3/t21-,22-,23-,24+,28-/m1/s1. The Morgan fingerprint density at radius 3 is 2.48 bits per heavy atom. The maximum Gasteiger partial charge on any atom is 0.241 e. The first-order valence-corrected chi connectivity index (χ1v) is 15.4. The van der Waals surface area contributed by atoms with Gasteiger partial charge in [0.1, 0.15) is 18.1 Å². The van der Waals surface area contributed by atoms with Gasteiger partial charge in [0.25, 0.3) is 0 Å². The van der Waals surface area contributed by atoms with Gasteiger partial charge in [-0.25, -0.2) is 9.37 Å². The number of halogens is 1. The molecular formula is C32H47FN6O3. The molecule has 2 saturated heterocycles. The molecule has 0 aliphatic carbocycles. The van der Waals surface area contributed by atoms with Crippen LogP contribution in [0.25, 0.3) is 0 Å². The van der Waals surface area contributed by atoms with Gasteiger partial charge >= 0.3 is 0 Å². The highest BCUT2D eigenvalue weighted by molar-refractivity contribution is 5.97. The number of aliphatic hydroxyl groups is 1. The van der Waals surface area contributed by atoms with Gasteiger partial charge in [0.05, 0.1) is 24.9 Å². The van der Waals surface area contributed by atoms with Gasteiger partial charge in [-0.1, -0.05) is 19.1 Å². The van der Waals surface area contributed by atoms with E-state index >= 15 is 0 Å². The van der Waals surface area contributed by atoms with Crippen LogP contribution in [0.2, 0.25) is 0 Å². The fraction of sp³-hybridized carbons (Fsp3) is 0.625. The lowest BCUT2D eigenvalue weighted by atomic mass is 10.0. The zero-order chi connectivity index (χ0) is 30.0. The summed E-state index contributed by atoms with van der Waals surface area (Å²) in [5, 5.41) is 13.7. The van der Waals surface area contributed by atoms with Crippen LogP contribution < -0.4 is 15.0 Å². The normalized spacial score (nSPS) is 27.5. The minimum absolute atomic E-state index is 0.0225. The molecule has 42 heavy (non-hydrogen) atoms. The van der Waals surface area contributed by atoms with Crippen LogP contribution in [0.1, 0.15) is 51.4 Å². The van der Waals surface area contributed by atoms with Crippen molar-refractivity contribution in [1.82, 2.24) is 25.0 Å². The van der Waals surface area contributed by atoms with E-state index in [1.165, 1.54) is 12.1 Å². The number of aromatic nitrogens is 1. The zero-order valence-electron chi connectivity index (χ0n) is 25.7.